The van der Waals surface area contributed by atoms with Crippen LogP contribution in [0.3, 0.4) is 0 Å². The summed E-state index contributed by atoms with van der Waals surface area (Å²) in [5, 5.41) is 0. The standard InChI is InChI=1S/C16H32N2O3/c1-4-20-8-6-18(7-9-21-5-2)16(19)14-10-13(3)11-15(17)12-14/h13-15H,4-12,17H2,1-3H3. The van der Waals surface area contributed by atoms with Gasteiger partial charge >= 0.3 is 0 Å². The minimum absolute atomic E-state index is 0.0620. The molecular formula is C16H32N2O3. The van der Waals surface area contributed by atoms with Gasteiger partial charge in [-0.1, -0.05) is 6.92 Å². The molecule has 0 radical (unpaired) electrons. The normalized spacial score (nSPS) is 25.8. The molecule has 3 unspecified atom stereocenters. The molecule has 5 heteroatoms. The predicted molar refractivity (Wildman–Crippen MR) is 84.0 cm³/mol. The average molecular weight is 300 g/mol. The summed E-state index contributed by atoms with van der Waals surface area (Å²) in [4.78, 5) is 14.6. The van der Waals surface area contributed by atoms with Crippen LogP contribution >= 0.6 is 0 Å². The van der Waals surface area contributed by atoms with Gasteiger partial charge in [-0.25, -0.2) is 0 Å². The first-order chi connectivity index (χ1) is 10.1. The van der Waals surface area contributed by atoms with Crippen LogP contribution in [0.2, 0.25) is 0 Å². The Morgan fingerprint density at radius 3 is 2.14 bits per heavy atom. The Balaban J connectivity index is 2.54. The second kappa shape index (κ2) is 10.1. The summed E-state index contributed by atoms with van der Waals surface area (Å²) in [5.74, 6) is 0.812. The highest BCUT2D eigenvalue weighted by Gasteiger charge is 2.31. The molecule has 0 heterocycles. The van der Waals surface area contributed by atoms with Crippen molar-refractivity contribution in [3.63, 3.8) is 0 Å². The van der Waals surface area contributed by atoms with Gasteiger partial charge in [0.15, 0.2) is 0 Å². The lowest BCUT2D eigenvalue weighted by Gasteiger charge is -2.34. The Morgan fingerprint density at radius 2 is 1.67 bits per heavy atom. The Morgan fingerprint density at radius 1 is 1.10 bits per heavy atom. The molecule has 1 amide bonds. The number of ether oxygens (including phenoxy) is 2. The maximum atomic E-state index is 12.7. The van der Waals surface area contributed by atoms with Crippen molar-refractivity contribution in [2.75, 3.05) is 39.5 Å². The fourth-order valence-electron chi connectivity index (χ4n) is 3.09. The van der Waals surface area contributed by atoms with Crippen molar-refractivity contribution in [2.24, 2.45) is 17.6 Å². The number of hydrogen-bond donors (Lipinski definition) is 1. The van der Waals surface area contributed by atoms with Gasteiger partial charge in [0.05, 0.1) is 13.2 Å². The molecule has 1 aliphatic carbocycles. The Kier molecular flexibility index (Phi) is 8.88. The fraction of sp³-hybridized carbons (Fsp3) is 0.938. The third kappa shape index (κ3) is 6.76. The molecule has 0 aromatic rings. The van der Waals surface area contributed by atoms with E-state index in [0.717, 1.165) is 19.3 Å². The minimum atomic E-state index is 0.0620. The van der Waals surface area contributed by atoms with E-state index in [4.69, 9.17) is 15.2 Å². The zero-order chi connectivity index (χ0) is 15.7. The molecule has 0 saturated heterocycles. The monoisotopic (exact) mass is 300 g/mol. The number of amides is 1. The van der Waals surface area contributed by atoms with Crippen molar-refractivity contribution < 1.29 is 14.3 Å². The van der Waals surface area contributed by atoms with E-state index in [1.165, 1.54) is 0 Å². The zero-order valence-electron chi connectivity index (χ0n) is 13.8. The maximum Gasteiger partial charge on any atom is 0.225 e. The maximum absolute atomic E-state index is 12.7. The van der Waals surface area contributed by atoms with Gasteiger partial charge in [-0.15, -0.1) is 0 Å². The van der Waals surface area contributed by atoms with Gasteiger partial charge in [0, 0.05) is 38.3 Å². The minimum Gasteiger partial charge on any atom is -0.380 e. The fourth-order valence-corrected chi connectivity index (χ4v) is 3.09. The van der Waals surface area contributed by atoms with Gasteiger partial charge in [0.1, 0.15) is 0 Å². The first kappa shape index (κ1) is 18.4. The lowest BCUT2D eigenvalue weighted by atomic mass is 9.79. The van der Waals surface area contributed by atoms with E-state index in [1.54, 1.807) is 0 Å². The summed E-state index contributed by atoms with van der Waals surface area (Å²) in [6.45, 7) is 9.93. The molecule has 5 nitrogen and oxygen atoms in total. The van der Waals surface area contributed by atoms with E-state index in [-0.39, 0.29) is 17.9 Å². The molecule has 3 atom stereocenters. The molecule has 0 aromatic heterocycles. The smallest absolute Gasteiger partial charge is 0.225 e. The van der Waals surface area contributed by atoms with Crippen molar-refractivity contribution >= 4 is 5.91 Å². The van der Waals surface area contributed by atoms with Crippen molar-refractivity contribution in [1.29, 1.82) is 0 Å². The number of nitrogens with zero attached hydrogens (tertiary/aromatic N) is 1. The number of hydrogen-bond acceptors (Lipinski definition) is 4. The first-order valence-corrected chi connectivity index (χ1v) is 8.28. The van der Waals surface area contributed by atoms with Crippen LogP contribution in [0.5, 0.6) is 0 Å². The molecule has 21 heavy (non-hydrogen) atoms. The highest BCUT2D eigenvalue weighted by atomic mass is 16.5. The predicted octanol–water partition coefficient (Wildman–Crippen LogP) is 1.65. The average Bonchev–Trinajstić information content (AvgIpc) is 2.44. The quantitative estimate of drug-likeness (QED) is 0.658. The van der Waals surface area contributed by atoms with Crippen molar-refractivity contribution in [3.05, 3.63) is 0 Å². The molecule has 0 spiro atoms. The molecule has 1 fully saturated rings. The molecule has 124 valence electrons. The van der Waals surface area contributed by atoms with E-state index in [0.29, 0.717) is 45.4 Å². The van der Waals surface area contributed by atoms with Crippen LogP contribution in [-0.4, -0.2) is 56.4 Å². The SMILES string of the molecule is CCOCCN(CCOCC)C(=O)C1CC(C)CC(N)C1. The van der Waals surface area contributed by atoms with Gasteiger partial charge in [0.2, 0.25) is 5.91 Å². The van der Waals surface area contributed by atoms with Gasteiger partial charge in [-0.05, 0) is 39.0 Å². The number of carbonyl (C=O) groups excluding carboxylic acids is 1. The van der Waals surface area contributed by atoms with Crippen LogP contribution in [0.15, 0.2) is 0 Å². The van der Waals surface area contributed by atoms with Gasteiger partial charge in [-0.3, -0.25) is 4.79 Å². The van der Waals surface area contributed by atoms with Crippen LogP contribution < -0.4 is 5.73 Å². The largest absolute Gasteiger partial charge is 0.380 e. The number of carbonyl (C=O) groups is 1. The number of nitrogens with two attached hydrogens (primary N) is 1. The van der Waals surface area contributed by atoms with Crippen LogP contribution in [0.4, 0.5) is 0 Å². The molecule has 1 aliphatic rings. The van der Waals surface area contributed by atoms with Crippen molar-refractivity contribution in [3.8, 4) is 0 Å². The highest BCUT2D eigenvalue weighted by Crippen LogP contribution is 2.29. The Labute approximate surface area is 129 Å². The first-order valence-electron chi connectivity index (χ1n) is 8.28. The van der Waals surface area contributed by atoms with E-state index >= 15 is 0 Å². The molecule has 1 saturated carbocycles. The van der Waals surface area contributed by atoms with Crippen molar-refractivity contribution in [1.82, 2.24) is 4.90 Å². The molecule has 0 aromatic carbocycles. The second-order valence-corrected chi connectivity index (χ2v) is 5.99. The lowest BCUT2D eigenvalue weighted by Crippen LogP contribution is -2.44. The van der Waals surface area contributed by atoms with E-state index < -0.39 is 0 Å². The highest BCUT2D eigenvalue weighted by molar-refractivity contribution is 5.79. The molecule has 1 rings (SSSR count). The van der Waals surface area contributed by atoms with Crippen LogP contribution in [0.1, 0.15) is 40.0 Å². The van der Waals surface area contributed by atoms with Crippen molar-refractivity contribution in [2.45, 2.75) is 46.1 Å². The lowest BCUT2D eigenvalue weighted by molar-refractivity contribution is -0.138. The summed E-state index contributed by atoms with van der Waals surface area (Å²) in [6, 6.07) is 0.156. The van der Waals surface area contributed by atoms with Gasteiger partial charge in [-0.2, -0.15) is 0 Å². The summed E-state index contributed by atoms with van der Waals surface area (Å²) >= 11 is 0. The summed E-state index contributed by atoms with van der Waals surface area (Å²) in [7, 11) is 0. The third-order valence-electron chi connectivity index (χ3n) is 4.06. The molecular weight excluding hydrogens is 268 g/mol. The Hall–Kier alpha value is -0.650. The van der Waals surface area contributed by atoms with Crippen LogP contribution in [-0.2, 0) is 14.3 Å². The van der Waals surface area contributed by atoms with E-state index in [2.05, 4.69) is 6.92 Å². The zero-order valence-corrected chi connectivity index (χ0v) is 13.8. The summed E-state index contributed by atoms with van der Waals surface area (Å²) < 4.78 is 10.8. The summed E-state index contributed by atoms with van der Waals surface area (Å²) in [6.07, 6.45) is 2.79. The van der Waals surface area contributed by atoms with E-state index in [9.17, 15) is 4.79 Å². The summed E-state index contributed by atoms with van der Waals surface area (Å²) in [5.41, 5.74) is 6.08. The van der Waals surface area contributed by atoms with Gasteiger partial charge < -0.3 is 20.1 Å². The third-order valence-corrected chi connectivity index (χ3v) is 4.06. The molecule has 0 bridgehead atoms. The van der Waals surface area contributed by atoms with Gasteiger partial charge in [0.25, 0.3) is 0 Å². The number of rotatable bonds is 9. The molecule has 2 N–H and O–H groups in total. The van der Waals surface area contributed by atoms with Crippen LogP contribution in [0, 0.1) is 11.8 Å². The Bertz CT molecular complexity index is 279. The van der Waals surface area contributed by atoms with E-state index in [1.807, 2.05) is 18.7 Å². The second-order valence-electron chi connectivity index (χ2n) is 5.99. The van der Waals surface area contributed by atoms with Crippen LogP contribution in [0.25, 0.3) is 0 Å². The topological polar surface area (TPSA) is 64.8 Å². The molecule has 0 aliphatic heterocycles.